The average molecular weight is 257 g/mol. The molecule has 17 heavy (non-hydrogen) atoms. The summed E-state index contributed by atoms with van der Waals surface area (Å²) in [5.41, 5.74) is 1.38. The Morgan fingerprint density at radius 3 is 2.53 bits per heavy atom. The van der Waals surface area contributed by atoms with Crippen LogP contribution in [-0.2, 0) is 0 Å². The molecule has 2 rings (SSSR count). The molecule has 6 heteroatoms. The van der Waals surface area contributed by atoms with Crippen molar-refractivity contribution in [1.29, 1.82) is 0 Å². The van der Waals surface area contributed by atoms with E-state index < -0.39 is 28.8 Å². The Morgan fingerprint density at radius 2 is 1.94 bits per heavy atom. The monoisotopic (exact) mass is 257 g/mol. The van der Waals surface area contributed by atoms with Crippen LogP contribution in [0, 0.1) is 24.4 Å². The number of aromatic nitrogens is 1. The van der Waals surface area contributed by atoms with Crippen LogP contribution in [0.25, 0.3) is 0 Å². The number of aryl methyl sites for hydroxylation is 1. The normalized spacial score (nSPS) is 10.6. The minimum Gasteiger partial charge on any atom is -0.288 e. The van der Waals surface area contributed by atoms with Gasteiger partial charge in [-0.05, 0) is 19.1 Å². The van der Waals surface area contributed by atoms with E-state index in [1.54, 1.807) is 6.92 Å². The maximum absolute atomic E-state index is 13.4. The molecule has 1 heterocycles. The van der Waals surface area contributed by atoms with E-state index in [0.717, 1.165) is 23.5 Å². The van der Waals surface area contributed by atoms with Gasteiger partial charge in [-0.2, -0.15) is 0 Å². The number of carbonyl (C=O) groups excluding carboxylic acids is 1. The van der Waals surface area contributed by atoms with Gasteiger partial charge < -0.3 is 0 Å². The highest BCUT2D eigenvalue weighted by Gasteiger charge is 2.22. The lowest BCUT2D eigenvalue weighted by Crippen LogP contribution is -2.07. The molecule has 0 N–H and O–H groups in total. The third-order valence-electron chi connectivity index (χ3n) is 2.23. The van der Waals surface area contributed by atoms with E-state index in [0.29, 0.717) is 5.69 Å². The van der Waals surface area contributed by atoms with Crippen LogP contribution in [0.2, 0.25) is 0 Å². The highest BCUT2D eigenvalue weighted by Crippen LogP contribution is 2.22. The van der Waals surface area contributed by atoms with Crippen molar-refractivity contribution >= 4 is 17.1 Å². The molecular weight excluding hydrogens is 251 g/mol. The van der Waals surface area contributed by atoms with Gasteiger partial charge in [-0.1, -0.05) is 0 Å². The summed E-state index contributed by atoms with van der Waals surface area (Å²) >= 11 is 1.03. The van der Waals surface area contributed by atoms with Gasteiger partial charge in [0, 0.05) is 0 Å². The van der Waals surface area contributed by atoms with Crippen molar-refractivity contribution in [3.63, 3.8) is 0 Å². The van der Waals surface area contributed by atoms with Gasteiger partial charge in [-0.15, -0.1) is 11.3 Å². The quantitative estimate of drug-likeness (QED) is 0.611. The molecule has 1 aromatic heterocycles. The second-order valence-electron chi connectivity index (χ2n) is 3.32. The number of thiazole rings is 1. The van der Waals surface area contributed by atoms with Crippen LogP contribution in [0.1, 0.15) is 20.9 Å². The Bertz CT molecular complexity index is 594. The molecule has 0 amide bonds. The summed E-state index contributed by atoms with van der Waals surface area (Å²) in [7, 11) is 0. The van der Waals surface area contributed by atoms with Gasteiger partial charge in [-0.25, -0.2) is 18.2 Å². The number of carbonyl (C=O) groups is 1. The summed E-state index contributed by atoms with van der Waals surface area (Å²) in [6, 6.07) is 1.65. The lowest BCUT2D eigenvalue weighted by Gasteiger charge is -2.02. The zero-order valence-corrected chi connectivity index (χ0v) is 9.45. The summed E-state index contributed by atoms with van der Waals surface area (Å²) < 4.78 is 39.1. The Balaban J connectivity index is 2.53. The molecule has 0 saturated heterocycles. The van der Waals surface area contributed by atoms with E-state index in [-0.39, 0.29) is 4.88 Å². The summed E-state index contributed by atoms with van der Waals surface area (Å²) in [5, 5.41) is 0. The molecular formula is C11H6F3NOS. The topological polar surface area (TPSA) is 30.0 Å². The zero-order chi connectivity index (χ0) is 12.6. The fourth-order valence-corrected chi connectivity index (χ4v) is 2.10. The van der Waals surface area contributed by atoms with Crippen molar-refractivity contribution < 1.29 is 18.0 Å². The Kier molecular flexibility index (Phi) is 2.97. The number of hydrogen-bond donors (Lipinski definition) is 0. The smallest absolute Gasteiger partial charge is 0.207 e. The standard InChI is InChI=1S/C11H6F3NOS/c1-5-11(17-4-15-5)10(16)6-2-3-7(12)9(14)8(6)13/h2-4H,1H3. The summed E-state index contributed by atoms with van der Waals surface area (Å²) in [4.78, 5) is 15.9. The average Bonchev–Trinajstić information content (AvgIpc) is 2.72. The SMILES string of the molecule is Cc1ncsc1C(=O)c1ccc(F)c(F)c1F. The van der Waals surface area contributed by atoms with Gasteiger partial charge >= 0.3 is 0 Å². The molecule has 0 aliphatic rings. The first-order valence-electron chi connectivity index (χ1n) is 4.60. The minimum atomic E-state index is -1.64. The van der Waals surface area contributed by atoms with Crippen molar-refractivity contribution in [3.05, 3.63) is 51.2 Å². The number of halogens is 3. The molecule has 2 aromatic rings. The molecule has 0 saturated carbocycles. The maximum Gasteiger partial charge on any atom is 0.207 e. The van der Waals surface area contributed by atoms with E-state index >= 15 is 0 Å². The van der Waals surface area contributed by atoms with Crippen LogP contribution in [0.15, 0.2) is 17.6 Å². The molecule has 0 fully saturated rings. The highest BCUT2D eigenvalue weighted by atomic mass is 32.1. The Labute approximate surface area is 98.7 Å². The van der Waals surface area contributed by atoms with Crippen LogP contribution in [0.4, 0.5) is 13.2 Å². The first kappa shape index (κ1) is 11.8. The molecule has 0 atom stereocenters. The molecule has 0 aliphatic carbocycles. The van der Waals surface area contributed by atoms with Crippen LogP contribution in [-0.4, -0.2) is 10.8 Å². The second kappa shape index (κ2) is 4.29. The number of nitrogens with zero attached hydrogens (tertiary/aromatic N) is 1. The molecule has 0 radical (unpaired) electrons. The lowest BCUT2D eigenvalue weighted by atomic mass is 10.1. The fraction of sp³-hybridized carbons (Fsp3) is 0.0909. The van der Waals surface area contributed by atoms with E-state index in [1.165, 1.54) is 5.51 Å². The predicted molar refractivity (Wildman–Crippen MR) is 56.6 cm³/mol. The van der Waals surface area contributed by atoms with Gasteiger partial charge in [0.25, 0.3) is 0 Å². The third kappa shape index (κ3) is 1.95. The van der Waals surface area contributed by atoms with E-state index in [1.807, 2.05) is 0 Å². The zero-order valence-electron chi connectivity index (χ0n) is 8.63. The van der Waals surface area contributed by atoms with Crippen molar-refractivity contribution in [1.82, 2.24) is 4.98 Å². The molecule has 1 aromatic carbocycles. The number of rotatable bonds is 2. The van der Waals surface area contributed by atoms with Gasteiger partial charge in [0.05, 0.1) is 21.6 Å². The highest BCUT2D eigenvalue weighted by molar-refractivity contribution is 7.12. The van der Waals surface area contributed by atoms with Gasteiger partial charge in [0.2, 0.25) is 5.78 Å². The van der Waals surface area contributed by atoms with Crippen LogP contribution < -0.4 is 0 Å². The van der Waals surface area contributed by atoms with E-state index in [4.69, 9.17) is 0 Å². The van der Waals surface area contributed by atoms with E-state index in [9.17, 15) is 18.0 Å². The molecule has 0 spiro atoms. The maximum atomic E-state index is 13.4. The van der Waals surface area contributed by atoms with Gasteiger partial charge in [-0.3, -0.25) is 4.79 Å². The minimum absolute atomic E-state index is 0.218. The van der Waals surface area contributed by atoms with Crippen molar-refractivity contribution in [2.45, 2.75) is 6.92 Å². The number of benzene rings is 1. The second-order valence-corrected chi connectivity index (χ2v) is 4.17. The van der Waals surface area contributed by atoms with Gasteiger partial charge in [0.1, 0.15) is 0 Å². The summed E-state index contributed by atoms with van der Waals surface area (Å²) in [6.45, 7) is 1.58. The molecule has 0 unspecified atom stereocenters. The Morgan fingerprint density at radius 1 is 1.24 bits per heavy atom. The van der Waals surface area contributed by atoms with Crippen LogP contribution in [0.5, 0.6) is 0 Å². The first-order chi connectivity index (χ1) is 8.02. The Hall–Kier alpha value is -1.69. The van der Waals surface area contributed by atoms with Crippen LogP contribution >= 0.6 is 11.3 Å². The summed E-state index contributed by atoms with van der Waals surface area (Å²) in [6.07, 6.45) is 0. The van der Waals surface area contributed by atoms with Crippen LogP contribution in [0.3, 0.4) is 0 Å². The van der Waals surface area contributed by atoms with Gasteiger partial charge in [0.15, 0.2) is 17.5 Å². The molecule has 2 nitrogen and oxygen atoms in total. The predicted octanol–water partition coefficient (Wildman–Crippen LogP) is 3.10. The van der Waals surface area contributed by atoms with E-state index in [2.05, 4.69) is 4.98 Å². The molecule has 88 valence electrons. The summed E-state index contributed by atoms with van der Waals surface area (Å²) in [5.74, 6) is -5.12. The lowest BCUT2D eigenvalue weighted by molar-refractivity contribution is 0.103. The van der Waals surface area contributed by atoms with Crippen molar-refractivity contribution in [2.24, 2.45) is 0 Å². The first-order valence-corrected chi connectivity index (χ1v) is 5.48. The molecule has 0 aliphatic heterocycles. The number of hydrogen-bond acceptors (Lipinski definition) is 3. The van der Waals surface area contributed by atoms with Crippen molar-refractivity contribution in [3.8, 4) is 0 Å². The largest absolute Gasteiger partial charge is 0.288 e. The fourth-order valence-electron chi connectivity index (χ4n) is 1.34. The third-order valence-corrected chi connectivity index (χ3v) is 3.16. The molecule has 0 bridgehead atoms. The van der Waals surface area contributed by atoms with Crippen molar-refractivity contribution in [2.75, 3.05) is 0 Å². The number of ketones is 1.